The number of aryl methyl sites for hydroxylation is 2. The lowest BCUT2D eigenvalue weighted by molar-refractivity contribution is 0.0486. The highest BCUT2D eigenvalue weighted by molar-refractivity contribution is 14.0. The van der Waals surface area contributed by atoms with E-state index in [9.17, 15) is 4.79 Å². The van der Waals surface area contributed by atoms with Gasteiger partial charge in [-0.2, -0.15) is 0 Å². The highest BCUT2D eigenvalue weighted by Crippen LogP contribution is 2.14. The maximum Gasteiger partial charge on any atom is 0.407 e. The van der Waals surface area contributed by atoms with Gasteiger partial charge in [-0.05, 0) is 59.8 Å². The van der Waals surface area contributed by atoms with Crippen LogP contribution in [0.25, 0.3) is 0 Å². The third kappa shape index (κ3) is 11.1. The molecule has 0 aromatic carbocycles. The summed E-state index contributed by atoms with van der Waals surface area (Å²) in [7, 11) is 3.79. The van der Waals surface area contributed by atoms with Crippen molar-refractivity contribution in [2.45, 2.75) is 79.4 Å². The maximum absolute atomic E-state index is 12.1. The fourth-order valence-electron chi connectivity index (χ4n) is 3.18. The molecule has 0 saturated carbocycles. The van der Waals surface area contributed by atoms with Gasteiger partial charge in [-0.15, -0.1) is 24.0 Å². The van der Waals surface area contributed by atoms with Crippen LogP contribution in [-0.2, 0) is 11.2 Å². The SMILES string of the molecule is CN=C(NCCCc1c(C)noc1C)N(C)CCC(NC(=O)OC(C)(C)C)C(C)C.I. The number of ether oxygens (including phenoxy) is 1. The monoisotopic (exact) mass is 551 g/mol. The lowest BCUT2D eigenvalue weighted by Gasteiger charge is -2.28. The van der Waals surface area contributed by atoms with Gasteiger partial charge in [0.2, 0.25) is 0 Å². The summed E-state index contributed by atoms with van der Waals surface area (Å²) in [6.45, 7) is 15.3. The number of guanidine groups is 1. The first-order chi connectivity index (χ1) is 13.9. The Balaban J connectivity index is 0.00000900. The van der Waals surface area contributed by atoms with Crippen LogP contribution in [0.2, 0.25) is 0 Å². The smallest absolute Gasteiger partial charge is 0.407 e. The predicted octanol–water partition coefficient (Wildman–Crippen LogP) is 4.29. The first-order valence-corrected chi connectivity index (χ1v) is 10.8. The first kappa shape index (κ1) is 29.5. The molecule has 1 aromatic heterocycles. The fourth-order valence-corrected chi connectivity index (χ4v) is 3.18. The Kier molecular flexibility index (Phi) is 13.1. The first-order valence-electron chi connectivity index (χ1n) is 10.8. The number of carbonyl (C=O) groups is 1. The molecular weight excluding hydrogens is 509 g/mol. The van der Waals surface area contributed by atoms with E-state index in [4.69, 9.17) is 9.26 Å². The number of halogens is 1. The number of rotatable bonds is 9. The van der Waals surface area contributed by atoms with Crippen molar-refractivity contribution in [1.29, 1.82) is 0 Å². The standard InChI is InChI=1S/C22H41N5O3.HI/c1-15(2)19(25-21(28)29-22(5,6)7)12-14-27(9)20(23-8)24-13-10-11-18-16(3)26-30-17(18)4;/h15,19H,10-14H2,1-9H3,(H,23,24)(H,25,28);1H. The number of amides is 1. The average molecular weight is 552 g/mol. The van der Waals surface area contributed by atoms with Gasteiger partial charge < -0.3 is 24.8 Å². The number of aliphatic imine (C=N–C) groups is 1. The van der Waals surface area contributed by atoms with E-state index in [0.717, 1.165) is 49.8 Å². The van der Waals surface area contributed by atoms with Crippen LogP contribution in [0.15, 0.2) is 9.52 Å². The molecule has 31 heavy (non-hydrogen) atoms. The number of hydrogen-bond acceptors (Lipinski definition) is 5. The van der Waals surface area contributed by atoms with E-state index in [2.05, 4.69) is 39.5 Å². The molecule has 1 atom stereocenters. The van der Waals surface area contributed by atoms with E-state index in [1.165, 1.54) is 5.56 Å². The zero-order valence-corrected chi connectivity index (χ0v) is 23.0. The summed E-state index contributed by atoms with van der Waals surface area (Å²) in [5.74, 6) is 2.04. The normalized spacial score (nSPS) is 12.9. The number of alkyl carbamates (subject to hydrolysis) is 1. The van der Waals surface area contributed by atoms with Crippen molar-refractivity contribution < 1.29 is 14.1 Å². The van der Waals surface area contributed by atoms with Crippen LogP contribution in [0, 0.1) is 19.8 Å². The Morgan fingerprint density at radius 3 is 2.42 bits per heavy atom. The van der Waals surface area contributed by atoms with Crippen LogP contribution in [0.5, 0.6) is 0 Å². The van der Waals surface area contributed by atoms with Crippen LogP contribution < -0.4 is 10.6 Å². The average Bonchev–Trinajstić information content (AvgIpc) is 2.95. The topological polar surface area (TPSA) is 92.0 Å². The van der Waals surface area contributed by atoms with Crippen molar-refractivity contribution >= 4 is 36.0 Å². The molecule has 1 aromatic rings. The van der Waals surface area contributed by atoms with Crippen molar-refractivity contribution in [3.05, 3.63) is 17.0 Å². The Labute approximate surface area is 205 Å². The molecular formula is C22H42IN5O3. The maximum atomic E-state index is 12.1. The van der Waals surface area contributed by atoms with Gasteiger partial charge in [0.05, 0.1) is 5.69 Å². The molecule has 0 radical (unpaired) electrons. The summed E-state index contributed by atoms with van der Waals surface area (Å²) < 4.78 is 10.6. The van der Waals surface area contributed by atoms with E-state index >= 15 is 0 Å². The zero-order valence-electron chi connectivity index (χ0n) is 20.7. The second-order valence-corrected chi connectivity index (χ2v) is 9.09. The van der Waals surface area contributed by atoms with Crippen molar-refractivity contribution in [3.8, 4) is 0 Å². The number of aromatic nitrogens is 1. The molecule has 2 N–H and O–H groups in total. The van der Waals surface area contributed by atoms with Crippen LogP contribution in [0.3, 0.4) is 0 Å². The summed E-state index contributed by atoms with van der Waals surface area (Å²) in [6, 6.07) is 0.0277. The van der Waals surface area contributed by atoms with Gasteiger partial charge in [0.25, 0.3) is 0 Å². The summed E-state index contributed by atoms with van der Waals surface area (Å²) in [5, 5.41) is 10.4. The van der Waals surface area contributed by atoms with E-state index in [1.807, 2.05) is 41.7 Å². The highest BCUT2D eigenvalue weighted by atomic mass is 127. The third-order valence-corrected chi connectivity index (χ3v) is 4.92. The Morgan fingerprint density at radius 1 is 1.29 bits per heavy atom. The van der Waals surface area contributed by atoms with Gasteiger partial charge in [0.15, 0.2) is 5.96 Å². The van der Waals surface area contributed by atoms with Gasteiger partial charge in [-0.1, -0.05) is 19.0 Å². The van der Waals surface area contributed by atoms with Crippen molar-refractivity contribution in [2.24, 2.45) is 10.9 Å². The van der Waals surface area contributed by atoms with Gasteiger partial charge in [0.1, 0.15) is 11.4 Å². The molecule has 1 unspecified atom stereocenters. The van der Waals surface area contributed by atoms with Crippen molar-refractivity contribution in [1.82, 2.24) is 20.7 Å². The van der Waals surface area contributed by atoms with Crippen molar-refractivity contribution in [2.75, 3.05) is 27.2 Å². The molecule has 1 rings (SSSR count). The minimum atomic E-state index is -0.502. The fraction of sp³-hybridized carbons (Fsp3) is 0.773. The lowest BCUT2D eigenvalue weighted by Crippen LogP contribution is -2.45. The van der Waals surface area contributed by atoms with Gasteiger partial charge in [-0.3, -0.25) is 4.99 Å². The molecule has 0 aliphatic rings. The number of hydrogen-bond donors (Lipinski definition) is 2. The van der Waals surface area contributed by atoms with Gasteiger partial charge >= 0.3 is 6.09 Å². The molecule has 0 aliphatic heterocycles. The summed E-state index contributed by atoms with van der Waals surface area (Å²) in [4.78, 5) is 18.6. The largest absolute Gasteiger partial charge is 0.444 e. The molecule has 1 heterocycles. The van der Waals surface area contributed by atoms with Crippen LogP contribution >= 0.6 is 24.0 Å². The molecule has 0 fully saturated rings. The van der Waals surface area contributed by atoms with Crippen molar-refractivity contribution in [3.63, 3.8) is 0 Å². The summed E-state index contributed by atoms with van der Waals surface area (Å²) in [6.07, 6.45) is 2.31. The quantitative estimate of drug-likeness (QED) is 0.206. The minimum absolute atomic E-state index is 0. The number of nitrogens with one attached hydrogen (secondary N) is 2. The minimum Gasteiger partial charge on any atom is -0.444 e. The van der Waals surface area contributed by atoms with Crippen LogP contribution in [0.1, 0.15) is 64.5 Å². The molecule has 0 aliphatic carbocycles. The summed E-state index contributed by atoms with van der Waals surface area (Å²) >= 11 is 0. The lowest BCUT2D eigenvalue weighted by atomic mass is 10.0. The third-order valence-electron chi connectivity index (χ3n) is 4.92. The summed E-state index contributed by atoms with van der Waals surface area (Å²) in [5.41, 5.74) is 1.65. The highest BCUT2D eigenvalue weighted by Gasteiger charge is 2.22. The Bertz CT molecular complexity index is 678. The van der Waals surface area contributed by atoms with Gasteiger partial charge in [-0.25, -0.2) is 4.79 Å². The molecule has 0 bridgehead atoms. The molecule has 0 spiro atoms. The molecule has 1 amide bonds. The molecule has 8 nitrogen and oxygen atoms in total. The Hall–Kier alpha value is -1.52. The van der Waals surface area contributed by atoms with Crippen LogP contribution in [-0.4, -0.2) is 60.9 Å². The molecule has 180 valence electrons. The van der Waals surface area contributed by atoms with E-state index < -0.39 is 5.60 Å². The Morgan fingerprint density at radius 2 is 1.94 bits per heavy atom. The molecule has 0 saturated heterocycles. The number of nitrogens with zero attached hydrogens (tertiary/aromatic N) is 3. The second-order valence-electron chi connectivity index (χ2n) is 9.09. The van der Waals surface area contributed by atoms with E-state index in [0.29, 0.717) is 5.92 Å². The van der Waals surface area contributed by atoms with E-state index in [1.54, 1.807) is 7.05 Å². The van der Waals surface area contributed by atoms with Gasteiger partial charge in [0, 0.05) is 38.8 Å². The van der Waals surface area contributed by atoms with Crippen LogP contribution in [0.4, 0.5) is 4.79 Å². The molecule has 9 heteroatoms. The predicted molar refractivity (Wildman–Crippen MR) is 136 cm³/mol. The van der Waals surface area contributed by atoms with E-state index in [-0.39, 0.29) is 36.1 Å². The second kappa shape index (κ2) is 13.8. The number of carbonyl (C=O) groups excluding carboxylic acids is 1. The zero-order chi connectivity index (χ0) is 22.9.